The molecule has 24 heavy (non-hydrogen) atoms. The number of fused-ring (bicyclic) bond motifs is 1. The van der Waals surface area contributed by atoms with E-state index >= 15 is 0 Å². The maximum atomic E-state index is 12.4. The number of aromatic nitrogens is 4. The molecule has 4 rings (SSSR count). The molecule has 0 unspecified atom stereocenters. The molecule has 1 N–H and O–H groups in total. The van der Waals surface area contributed by atoms with Crippen LogP contribution in [-0.4, -0.2) is 19.6 Å². The minimum absolute atomic E-state index is 0.141. The average molecular weight is 337 g/mol. The maximum absolute atomic E-state index is 12.4. The Kier molecular flexibility index (Phi) is 3.63. The highest BCUT2D eigenvalue weighted by Crippen LogP contribution is 2.18. The molecule has 0 radical (unpaired) electrons. The average Bonchev–Trinajstić information content (AvgIpc) is 3.00. The Labute approximate surface area is 142 Å². The Hall–Kier alpha value is -2.92. The van der Waals surface area contributed by atoms with E-state index in [0.29, 0.717) is 22.8 Å². The summed E-state index contributed by atoms with van der Waals surface area (Å²) in [7, 11) is 0. The molecule has 0 bridgehead atoms. The molecule has 3 aromatic heterocycles. The lowest BCUT2D eigenvalue weighted by Gasteiger charge is -2.02. The first-order valence-corrected chi connectivity index (χ1v) is 7.83. The standard InChI is InChI=1S/C18H13ClN4O/c19-14-3-1-2-12(8-14)9-15-10-18(24)23-17(21-15)11-16(22-23)13-4-6-20-7-5-13/h1-8,10-11,22H,9H2. The van der Waals surface area contributed by atoms with Gasteiger partial charge < -0.3 is 0 Å². The molecule has 0 aliphatic rings. The van der Waals surface area contributed by atoms with Gasteiger partial charge in [-0.25, -0.2) is 9.50 Å². The summed E-state index contributed by atoms with van der Waals surface area (Å²) in [6.45, 7) is 0. The van der Waals surface area contributed by atoms with Crippen molar-refractivity contribution >= 4 is 17.2 Å². The first-order valence-electron chi connectivity index (χ1n) is 7.45. The number of hydrogen-bond donors (Lipinski definition) is 1. The lowest BCUT2D eigenvalue weighted by molar-refractivity contribution is 0.883. The predicted molar refractivity (Wildman–Crippen MR) is 93.3 cm³/mol. The number of nitrogens with zero attached hydrogens (tertiary/aromatic N) is 3. The Morgan fingerprint density at radius 2 is 1.92 bits per heavy atom. The molecule has 118 valence electrons. The molecule has 6 heteroatoms. The monoisotopic (exact) mass is 336 g/mol. The summed E-state index contributed by atoms with van der Waals surface area (Å²) < 4.78 is 1.44. The van der Waals surface area contributed by atoms with Gasteiger partial charge in [-0.05, 0) is 29.8 Å². The van der Waals surface area contributed by atoms with Crippen molar-refractivity contribution in [3.05, 3.63) is 87.6 Å². The Morgan fingerprint density at radius 3 is 2.71 bits per heavy atom. The zero-order valence-electron chi connectivity index (χ0n) is 12.6. The molecule has 3 heterocycles. The Balaban J connectivity index is 1.75. The van der Waals surface area contributed by atoms with Gasteiger partial charge in [-0.15, -0.1) is 0 Å². The third-order valence-electron chi connectivity index (χ3n) is 3.77. The highest BCUT2D eigenvalue weighted by molar-refractivity contribution is 6.30. The van der Waals surface area contributed by atoms with Crippen LogP contribution in [0.5, 0.6) is 0 Å². The summed E-state index contributed by atoms with van der Waals surface area (Å²) in [4.78, 5) is 20.9. The van der Waals surface area contributed by atoms with Crippen molar-refractivity contribution in [2.24, 2.45) is 0 Å². The van der Waals surface area contributed by atoms with Gasteiger partial charge in [0, 0.05) is 41.5 Å². The molecular weight excluding hydrogens is 324 g/mol. The number of benzene rings is 1. The second-order valence-electron chi connectivity index (χ2n) is 5.49. The highest BCUT2D eigenvalue weighted by Gasteiger charge is 2.08. The number of aromatic amines is 1. The van der Waals surface area contributed by atoms with Gasteiger partial charge in [-0.3, -0.25) is 14.9 Å². The topological polar surface area (TPSA) is 63.0 Å². The van der Waals surface area contributed by atoms with Crippen molar-refractivity contribution in [3.8, 4) is 11.3 Å². The summed E-state index contributed by atoms with van der Waals surface area (Å²) >= 11 is 6.01. The van der Waals surface area contributed by atoms with Gasteiger partial charge >= 0.3 is 0 Å². The summed E-state index contributed by atoms with van der Waals surface area (Å²) in [6, 6.07) is 14.7. The first kappa shape index (κ1) is 14.7. The molecule has 0 fully saturated rings. The Morgan fingerprint density at radius 1 is 1.08 bits per heavy atom. The molecular formula is C18H13ClN4O. The number of hydrogen-bond acceptors (Lipinski definition) is 3. The fourth-order valence-electron chi connectivity index (χ4n) is 2.67. The van der Waals surface area contributed by atoms with Crippen molar-refractivity contribution in [1.82, 2.24) is 19.6 Å². The molecule has 5 nitrogen and oxygen atoms in total. The van der Waals surface area contributed by atoms with Crippen LogP contribution in [0.2, 0.25) is 5.02 Å². The fraction of sp³-hybridized carbons (Fsp3) is 0.0556. The summed E-state index contributed by atoms with van der Waals surface area (Å²) in [6.07, 6.45) is 3.98. The molecule has 4 aromatic rings. The number of pyridine rings is 1. The van der Waals surface area contributed by atoms with Crippen LogP contribution in [0.3, 0.4) is 0 Å². The lowest BCUT2D eigenvalue weighted by Crippen LogP contribution is -2.15. The summed E-state index contributed by atoms with van der Waals surface area (Å²) in [5.74, 6) is 0. The zero-order valence-corrected chi connectivity index (χ0v) is 13.4. The van der Waals surface area contributed by atoms with E-state index in [9.17, 15) is 4.79 Å². The van der Waals surface area contributed by atoms with Gasteiger partial charge in [0.25, 0.3) is 5.56 Å². The normalized spacial score (nSPS) is 11.0. The van der Waals surface area contributed by atoms with E-state index in [-0.39, 0.29) is 5.56 Å². The molecule has 0 atom stereocenters. The molecule has 0 saturated heterocycles. The van der Waals surface area contributed by atoms with Gasteiger partial charge in [0.15, 0.2) is 5.65 Å². The molecule has 0 amide bonds. The molecule has 0 spiro atoms. The van der Waals surface area contributed by atoms with Crippen LogP contribution in [0.25, 0.3) is 16.9 Å². The quantitative estimate of drug-likeness (QED) is 0.624. The zero-order chi connectivity index (χ0) is 16.5. The van der Waals surface area contributed by atoms with Gasteiger partial charge in [-0.2, -0.15) is 0 Å². The number of H-pyrrole nitrogens is 1. The minimum atomic E-state index is -0.141. The molecule has 1 aromatic carbocycles. The molecule has 0 aliphatic heterocycles. The van der Waals surface area contributed by atoms with E-state index < -0.39 is 0 Å². The van der Waals surface area contributed by atoms with Crippen LogP contribution >= 0.6 is 11.6 Å². The van der Waals surface area contributed by atoms with Gasteiger partial charge in [0.2, 0.25) is 0 Å². The van der Waals surface area contributed by atoms with Gasteiger partial charge in [0.05, 0.1) is 11.4 Å². The third kappa shape index (κ3) is 2.81. The highest BCUT2D eigenvalue weighted by atomic mass is 35.5. The maximum Gasteiger partial charge on any atom is 0.272 e. The number of halogens is 1. The van der Waals surface area contributed by atoms with Crippen LogP contribution < -0.4 is 5.56 Å². The SMILES string of the molecule is O=c1cc(Cc2cccc(Cl)c2)nc2cc(-c3ccncc3)[nH]n12. The van der Waals surface area contributed by atoms with Crippen LogP contribution in [0.4, 0.5) is 0 Å². The van der Waals surface area contributed by atoms with Crippen molar-refractivity contribution < 1.29 is 0 Å². The van der Waals surface area contributed by atoms with E-state index in [1.807, 2.05) is 42.5 Å². The Bertz CT molecular complexity index is 1070. The predicted octanol–water partition coefficient (Wildman–Crippen LogP) is 3.33. The largest absolute Gasteiger partial charge is 0.289 e. The van der Waals surface area contributed by atoms with E-state index in [1.54, 1.807) is 18.5 Å². The lowest BCUT2D eigenvalue weighted by atomic mass is 10.1. The number of rotatable bonds is 3. The van der Waals surface area contributed by atoms with Crippen molar-refractivity contribution in [1.29, 1.82) is 0 Å². The minimum Gasteiger partial charge on any atom is -0.289 e. The smallest absolute Gasteiger partial charge is 0.272 e. The third-order valence-corrected chi connectivity index (χ3v) is 4.00. The van der Waals surface area contributed by atoms with Crippen LogP contribution in [0.1, 0.15) is 11.3 Å². The van der Waals surface area contributed by atoms with Crippen LogP contribution in [0, 0.1) is 0 Å². The van der Waals surface area contributed by atoms with E-state index in [0.717, 1.165) is 16.8 Å². The molecule has 0 saturated carbocycles. The van der Waals surface area contributed by atoms with Crippen molar-refractivity contribution in [2.75, 3.05) is 0 Å². The van der Waals surface area contributed by atoms with Crippen molar-refractivity contribution in [3.63, 3.8) is 0 Å². The second-order valence-corrected chi connectivity index (χ2v) is 5.93. The van der Waals surface area contributed by atoms with Crippen LogP contribution in [0.15, 0.2) is 65.7 Å². The first-order chi connectivity index (χ1) is 11.7. The summed E-state index contributed by atoms with van der Waals surface area (Å²) in [5, 5.41) is 3.75. The van der Waals surface area contributed by atoms with Crippen molar-refractivity contribution in [2.45, 2.75) is 6.42 Å². The van der Waals surface area contributed by atoms with E-state index in [4.69, 9.17) is 11.6 Å². The number of nitrogens with one attached hydrogen (secondary N) is 1. The molecule has 0 aliphatic carbocycles. The van der Waals surface area contributed by atoms with E-state index in [2.05, 4.69) is 15.1 Å². The fourth-order valence-corrected chi connectivity index (χ4v) is 2.88. The van der Waals surface area contributed by atoms with Crippen LogP contribution in [-0.2, 0) is 6.42 Å². The van der Waals surface area contributed by atoms with E-state index in [1.165, 1.54) is 4.52 Å². The second kappa shape index (κ2) is 5.94. The summed E-state index contributed by atoms with van der Waals surface area (Å²) in [5.41, 5.74) is 3.95. The van der Waals surface area contributed by atoms with Gasteiger partial charge in [0.1, 0.15) is 0 Å². The van der Waals surface area contributed by atoms with Gasteiger partial charge in [-0.1, -0.05) is 23.7 Å².